The first-order valence-corrected chi connectivity index (χ1v) is 6.38. The lowest BCUT2D eigenvalue weighted by Gasteiger charge is -2.17. The summed E-state index contributed by atoms with van der Waals surface area (Å²) in [5, 5.41) is 3.45. The number of rotatable bonds is 4. The molecule has 1 N–H and O–H groups in total. The van der Waals surface area contributed by atoms with E-state index in [9.17, 15) is 0 Å². The Hall–Kier alpha value is -1.35. The molecule has 1 aromatic carbocycles. The molecule has 1 fully saturated rings. The fourth-order valence-corrected chi connectivity index (χ4v) is 2.60. The number of nitrogens with zero attached hydrogens (tertiary/aromatic N) is 2. The topological polar surface area (TPSA) is 29.9 Å². The van der Waals surface area contributed by atoms with E-state index in [4.69, 9.17) is 0 Å². The summed E-state index contributed by atoms with van der Waals surface area (Å²) in [5.41, 5.74) is 2.36. The minimum Gasteiger partial charge on any atom is -0.327 e. The predicted molar refractivity (Wildman–Crippen MR) is 70.0 cm³/mol. The van der Waals surface area contributed by atoms with Gasteiger partial charge < -0.3 is 9.88 Å². The monoisotopic (exact) mass is 229 g/mol. The maximum Gasteiger partial charge on any atom is 0.106 e. The molecule has 0 saturated heterocycles. The minimum absolute atomic E-state index is 0.589. The maximum atomic E-state index is 4.62. The lowest BCUT2D eigenvalue weighted by Crippen LogP contribution is -2.32. The molecule has 1 aliphatic carbocycles. The largest absolute Gasteiger partial charge is 0.327 e. The van der Waals surface area contributed by atoms with E-state index in [1.165, 1.54) is 18.4 Å². The molecule has 90 valence electrons. The number of aryl methyl sites for hydroxylation is 1. The van der Waals surface area contributed by atoms with Crippen molar-refractivity contribution in [1.82, 2.24) is 14.9 Å². The molecule has 0 amide bonds. The van der Waals surface area contributed by atoms with Crippen LogP contribution in [0, 0.1) is 12.8 Å². The normalized spacial score (nSPS) is 17.5. The molecule has 2 aromatic rings. The van der Waals surface area contributed by atoms with E-state index in [0.29, 0.717) is 6.04 Å². The molecule has 0 bridgehead atoms. The molecule has 3 rings (SSSR count). The molecule has 0 spiro atoms. The fraction of sp³-hybridized carbons (Fsp3) is 0.500. The smallest absolute Gasteiger partial charge is 0.106 e. The Morgan fingerprint density at radius 1 is 1.41 bits per heavy atom. The fourth-order valence-electron chi connectivity index (χ4n) is 2.60. The number of fused-ring (bicyclic) bond motifs is 1. The molecule has 3 heteroatoms. The van der Waals surface area contributed by atoms with Gasteiger partial charge in [0, 0.05) is 12.6 Å². The number of benzene rings is 1. The quantitative estimate of drug-likeness (QED) is 0.872. The van der Waals surface area contributed by atoms with Crippen LogP contribution in [0.15, 0.2) is 24.3 Å². The van der Waals surface area contributed by atoms with E-state index < -0.39 is 0 Å². The summed E-state index contributed by atoms with van der Waals surface area (Å²) in [6, 6.07) is 8.98. The molecule has 3 nitrogen and oxygen atoms in total. The first-order chi connectivity index (χ1) is 8.29. The van der Waals surface area contributed by atoms with E-state index in [1.54, 1.807) is 0 Å². The third-order valence-corrected chi connectivity index (χ3v) is 3.79. The van der Waals surface area contributed by atoms with Gasteiger partial charge in [-0.25, -0.2) is 4.98 Å². The van der Waals surface area contributed by atoms with Crippen LogP contribution in [0.1, 0.15) is 18.7 Å². The van der Waals surface area contributed by atoms with Gasteiger partial charge in [0.25, 0.3) is 0 Å². The van der Waals surface area contributed by atoms with E-state index in [1.807, 2.05) is 0 Å². The van der Waals surface area contributed by atoms with Gasteiger partial charge >= 0.3 is 0 Å². The first-order valence-electron chi connectivity index (χ1n) is 6.38. The molecule has 0 aliphatic heterocycles. The zero-order valence-corrected chi connectivity index (χ0v) is 10.5. The van der Waals surface area contributed by atoms with Crippen LogP contribution in [0.25, 0.3) is 11.0 Å². The molecular weight excluding hydrogens is 210 g/mol. The van der Waals surface area contributed by atoms with Crippen LogP contribution in [0.4, 0.5) is 0 Å². The highest BCUT2D eigenvalue weighted by atomic mass is 15.1. The number of imidazole rings is 1. The van der Waals surface area contributed by atoms with Crippen LogP contribution in [-0.2, 0) is 6.54 Å². The number of hydrogen-bond donors (Lipinski definition) is 1. The summed E-state index contributed by atoms with van der Waals surface area (Å²) in [6.45, 7) is 3.13. The van der Waals surface area contributed by atoms with Gasteiger partial charge in [0.2, 0.25) is 0 Å². The summed E-state index contributed by atoms with van der Waals surface area (Å²) in [4.78, 5) is 4.62. The summed E-state index contributed by atoms with van der Waals surface area (Å²) in [6.07, 6.45) is 2.74. The Morgan fingerprint density at radius 3 is 2.88 bits per heavy atom. The van der Waals surface area contributed by atoms with Gasteiger partial charge in [0.05, 0.1) is 11.0 Å². The SMILES string of the molecule is CNC(Cn1c(C)nc2ccccc21)C1CC1. The summed E-state index contributed by atoms with van der Waals surface area (Å²) in [7, 11) is 2.07. The van der Waals surface area contributed by atoms with Gasteiger partial charge in [-0.2, -0.15) is 0 Å². The van der Waals surface area contributed by atoms with Gasteiger partial charge in [-0.1, -0.05) is 12.1 Å². The number of aromatic nitrogens is 2. The van der Waals surface area contributed by atoms with Crippen LogP contribution in [0.2, 0.25) is 0 Å². The van der Waals surface area contributed by atoms with Crippen molar-refractivity contribution in [2.45, 2.75) is 32.4 Å². The highest BCUT2D eigenvalue weighted by Crippen LogP contribution is 2.33. The highest BCUT2D eigenvalue weighted by molar-refractivity contribution is 5.75. The Balaban J connectivity index is 1.95. The predicted octanol–water partition coefficient (Wildman–Crippen LogP) is 2.34. The van der Waals surface area contributed by atoms with Gasteiger partial charge in [0.15, 0.2) is 0 Å². The van der Waals surface area contributed by atoms with Crippen molar-refractivity contribution in [2.24, 2.45) is 5.92 Å². The molecule has 1 aliphatic rings. The molecule has 1 unspecified atom stereocenters. The van der Waals surface area contributed by atoms with Crippen LogP contribution >= 0.6 is 0 Å². The zero-order valence-electron chi connectivity index (χ0n) is 10.5. The standard InChI is InChI=1S/C14H19N3/c1-10-16-12-5-3-4-6-14(12)17(10)9-13(15-2)11-7-8-11/h3-6,11,13,15H,7-9H2,1-2H3. The summed E-state index contributed by atoms with van der Waals surface area (Å²) < 4.78 is 2.34. The van der Waals surface area contributed by atoms with E-state index in [-0.39, 0.29) is 0 Å². The van der Waals surface area contributed by atoms with Crippen LogP contribution < -0.4 is 5.32 Å². The molecular formula is C14H19N3. The van der Waals surface area contributed by atoms with E-state index >= 15 is 0 Å². The van der Waals surface area contributed by atoms with Gasteiger partial charge in [-0.05, 0) is 44.9 Å². The second kappa shape index (κ2) is 4.15. The number of likely N-dealkylation sites (N-methyl/N-ethyl adjacent to an activating group) is 1. The summed E-state index contributed by atoms with van der Waals surface area (Å²) in [5.74, 6) is 1.98. The average molecular weight is 229 g/mol. The van der Waals surface area contributed by atoms with Crippen LogP contribution in [0.3, 0.4) is 0 Å². The zero-order chi connectivity index (χ0) is 11.8. The van der Waals surface area contributed by atoms with Crippen molar-refractivity contribution >= 4 is 11.0 Å². The van der Waals surface area contributed by atoms with Crippen molar-refractivity contribution in [2.75, 3.05) is 7.05 Å². The maximum absolute atomic E-state index is 4.62. The van der Waals surface area contributed by atoms with Gasteiger partial charge in [-0.15, -0.1) is 0 Å². The molecule has 1 saturated carbocycles. The number of hydrogen-bond acceptors (Lipinski definition) is 2. The Kier molecular flexibility index (Phi) is 2.63. The third-order valence-electron chi connectivity index (χ3n) is 3.79. The lowest BCUT2D eigenvalue weighted by molar-refractivity contribution is 0.437. The van der Waals surface area contributed by atoms with Crippen molar-refractivity contribution in [1.29, 1.82) is 0 Å². The number of para-hydroxylation sites is 2. The van der Waals surface area contributed by atoms with E-state index in [2.05, 4.69) is 53.1 Å². The second-order valence-electron chi connectivity index (χ2n) is 4.99. The molecule has 17 heavy (non-hydrogen) atoms. The van der Waals surface area contributed by atoms with Crippen molar-refractivity contribution in [3.63, 3.8) is 0 Å². The highest BCUT2D eigenvalue weighted by Gasteiger charge is 2.30. The molecule has 1 atom stereocenters. The average Bonchev–Trinajstić information content (AvgIpc) is 3.12. The van der Waals surface area contributed by atoms with Gasteiger partial charge in [-0.3, -0.25) is 0 Å². The molecule has 1 heterocycles. The third kappa shape index (κ3) is 1.95. The second-order valence-corrected chi connectivity index (χ2v) is 4.99. The van der Waals surface area contributed by atoms with Crippen LogP contribution in [-0.4, -0.2) is 22.6 Å². The molecule has 1 aromatic heterocycles. The summed E-state index contributed by atoms with van der Waals surface area (Å²) >= 11 is 0. The Labute approximate surface area is 102 Å². The Morgan fingerprint density at radius 2 is 2.18 bits per heavy atom. The lowest BCUT2D eigenvalue weighted by atomic mass is 10.2. The van der Waals surface area contributed by atoms with Crippen molar-refractivity contribution < 1.29 is 0 Å². The van der Waals surface area contributed by atoms with Crippen molar-refractivity contribution in [3.8, 4) is 0 Å². The first kappa shape index (κ1) is 10.8. The van der Waals surface area contributed by atoms with Crippen molar-refractivity contribution in [3.05, 3.63) is 30.1 Å². The van der Waals surface area contributed by atoms with Crippen LogP contribution in [0.5, 0.6) is 0 Å². The minimum atomic E-state index is 0.589. The molecule has 0 radical (unpaired) electrons. The van der Waals surface area contributed by atoms with E-state index in [0.717, 1.165) is 23.8 Å². The number of nitrogens with one attached hydrogen (secondary N) is 1. The Bertz CT molecular complexity index is 525. The van der Waals surface area contributed by atoms with Gasteiger partial charge in [0.1, 0.15) is 5.82 Å².